The molecule has 0 heterocycles. The van der Waals surface area contributed by atoms with Crippen LogP contribution in [0.5, 0.6) is 5.75 Å². The summed E-state index contributed by atoms with van der Waals surface area (Å²) >= 11 is 3.26. The van der Waals surface area contributed by atoms with Crippen molar-refractivity contribution in [3.8, 4) is 5.75 Å². The number of phenolic OH excluding ortho intramolecular Hbond substituents is 1. The van der Waals surface area contributed by atoms with Crippen LogP contribution >= 0.6 is 15.9 Å². The zero-order valence-corrected chi connectivity index (χ0v) is 9.65. The number of aliphatic imine (C=N–C) groups is 1. The quantitative estimate of drug-likeness (QED) is 0.827. The lowest BCUT2D eigenvalue weighted by molar-refractivity contribution is -0.135. The first kappa shape index (κ1) is 11.7. The van der Waals surface area contributed by atoms with E-state index in [1.807, 2.05) is 0 Å². The number of nitrogens with zero attached hydrogens (tertiary/aromatic N) is 1. The molecule has 0 bridgehead atoms. The molecular weight excluding hydrogens is 262 g/mol. The van der Waals surface area contributed by atoms with Crippen LogP contribution in [0.4, 0.5) is 0 Å². The zero-order valence-electron chi connectivity index (χ0n) is 8.07. The Morgan fingerprint density at radius 2 is 2.20 bits per heavy atom. The Bertz CT molecular complexity index is 415. The number of phenols is 1. The third-order valence-corrected chi connectivity index (χ3v) is 2.29. The number of aromatic hydroxyl groups is 1. The van der Waals surface area contributed by atoms with Crippen molar-refractivity contribution in [1.82, 2.24) is 0 Å². The fourth-order valence-corrected chi connectivity index (χ4v) is 1.43. The van der Waals surface area contributed by atoms with E-state index >= 15 is 0 Å². The molecule has 0 atom stereocenters. The van der Waals surface area contributed by atoms with Crippen LogP contribution in [-0.4, -0.2) is 28.4 Å². The van der Waals surface area contributed by atoms with Crippen molar-refractivity contribution in [2.24, 2.45) is 4.99 Å². The number of carbonyl (C=O) groups is 1. The van der Waals surface area contributed by atoms with Gasteiger partial charge in [0.05, 0.1) is 0 Å². The summed E-state index contributed by atoms with van der Waals surface area (Å²) in [7, 11) is 0. The summed E-state index contributed by atoms with van der Waals surface area (Å²) in [6.07, 6.45) is 0. The summed E-state index contributed by atoms with van der Waals surface area (Å²) in [5, 5.41) is 18.0. The molecule has 0 saturated heterocycles. The van der Waals surface area contributed by atoms with Crippen LogP contribution in [0.2, 0.25) is 0 Å². The number of benzene rings is 1. The summed E-state index contributed by atoms with van der Waals surface area (Å²) in [4.78, 5) is 14.1. The second kappa shape index (κ2) is 4.93. The summed E-state index contributed by atoms with van der Waals surface area (Å²) < 4.78 is 0.806. The van der Waals surface area contributed by atoms with Gasteiger partial charge >= 0.3 is 5.97 Å². The van der Waals surface area contributed by atoms with E-state index in [2.05, 4.69) is 20.9 Å². The molecule has 1 aromatic carbocycles. The topological polar surface area (TPSA) is 69.9 Å². The fourth-order valence-electron chi connectivity index (χ4n) is 1.07. The molecule has 80 valence electrons. The highest BCUT2D eigenvalue weighted by Gasteiger charge is 2.05. The molecule has 15 heavy (non-hydrogen) atoms. The minimum Gasteiger partial charge on any atom is -0.507 e. The lowest BCUT2D eigenvalue weighted by Crippen LogP contribution is -2.04. The standard InChI is InChI=1S/C10H10BrNO3/c1-6(12-5-10(14)15)8-4-7(11)2-3-9(8)13/h2-4,13H,5H2,1H3,(H,14,15). The third kappa shape index (κ3) is 3.36. The van der Waals surface area contributed by atoms with Gasteiger partial charge in [0, 0.05) is 15.7 Å². The smallest absolute Gasteiger partial charge is 0.325 e. The molecule has 0 aliphatic carbocycles. The monoisotopic (exact) mass is 271 g/mol. The van der Waals surface area contributed by atoms with E-state index in [-0.39, 0.29) is 12.3 Å². The number of hydrogen-bond donors (Lipinski definition) is 2. The van der Waals surface area contributed by atoms with Crippen LogP contribution in [0.3, 0.4) is 0 Å². The SMILES string of the molecule is CC(=NCC(=O)O)c1cc(Br)ccc1O. The van der Waals surface area contributed by atoms with E-state index in [1.54, 1.807) is 19.1 Å². The van der Waals surface area contributed by atoms with Gasteiger partial charge in [-0.3, -0.25) is 9.79 Å². The van der Waals surface area contributed by atoms with Gasteiger partial charge in [0.2, 0.25) is 0 Å². The number of carboxylic acid groups (broad SMARTS) is 1. The second-order valence-electron chi connectivity index (χ2n) is 2.96. The average molecular weight is 272 g/mol. The minimum absolute atomic E-state index is 0.0878. The maximum absolute atomic E-state index is 10.3. The lowest BCUT2D eigenvalue weighted by atomic mass is 10.1. The maximum atomic E-state index is 10.3. The molecule has 0 spiro atoms. The van der Waals surface area contributed by atoms with Gasteiger partial charge in [-0.25, -0.2) is 0 Å². The Morgan fingerprint density at radius 1 is 1.53 bits per heavy atom. The average Bonchev–Trinajstić information content (AvgIpc) is 2.18. The first-order chi connectivity index (χ1) is 7.00. The molecule has 5 heteroatoms. The van der Waals surface area contributed by atoms with Gasteiger partial charge < -0.3 is 10.2 Å². The Labute approximate surface area is 95.4 Å². The van der Waals surface area contributed by atoms with Crippen molar-refractivity contribution in [3.63, 3.8) is 0 Å². The van der Waals surface area contributed by atoms with E-state index in [0.717, 1.165) is 4.47 Å². The highest BCUT2D eigenvalue weighted by atomic mass is 79.9. The molecule has 2 N–H and O–H groups in total. The fraction of sp³-hybridized carbons (Fsp3) is 0.200. The molecule has 0 unspecified atom stereocenters. The van der Waals surface area contributed by atoms with Crippen molar-refractivity contribution in [2.75, 3.05) is 6.54 Å². The molecule has 0 radical (unpaired) electrons. The minimum atomic E-state index is -0.996. The Kier molecular flexibility index (Phi) is 3.85. The van der Waals surface area contributed by atoms with Gasteiger partial charge in [0.25, 0.3) is 0 Å². The zero-order chi connectivity index (χ0) is 11.4. The normalized spacial score (nSPS) is 11.5. The van der Waals surface area contributed by atoms with Gasteiger partial charge in [-0.1, -0.05) is 15.9 Å². The largest absolute Gasteiger partial charge is 0.507 e. The molecule has 1 aromatic rings. The van der Waals surface area contributed by atoms with Crippen molar-refractivity contribution in [2.45, 2.75) is 6.92 Å². The van der Waals surface area contributed by atoms with E-state index in [1.165, 1.54) is 6.07 Å². The van der Waals surface area contributed by atoms with Crippen LogP contribution in [0, 0.1) is 0 Å². The molecule has 0 fully saturated rings. The van der Waals surface area contributed by atoms with Crippen molar-refractivity contribution < 1.29 is 15.0 Å². The second-order valence-corrected chi connectivity index (χ2v) is 3.87. The van der Waals surface area contributed by atoms with Crippen molar-refractivity contribution in [3.05, 3.63) is 28.2 Å². The number of aliphatic carboxylic acids is 1. The number of hydrogen-bond acceptors (Lipinski definition) is 3. The van der Waals surface area contributed by atoms with E-state index in [4.69, 9.17) is 5.11 Å². The summed E-state index contributed by atoms with van der Waals surface area (Å²) in [5.41, 5.74) is 1.03. The summed E-state index contributed by atoms with van der Waals surface area (Å²) in [6, 6.07) is 4.92. The Morgan fingerprint density at radius 3 is 2.80 bits per heavy atom. The molecule has 0 amide bonds. The third-order valence-electron chi connectivity index (χ3n) is 1.80. The van der Waals surface area contributed by atoms with Crippen LogP contribution in [0.25, 0.3) is 0 Å². The van der Waals surface area contributed by atoms with E-state index in [9.17, 15) is 9.90 Å². The van der Waals surface area contributed by atoms with Gasteiger partial charge in [-0.2, -0.15) is 0 Å². The molecule has 0 aromatic heterocycles. The number of rotatable bonds is 3. The van der Waals surface area contributed by atoms with E-state index < -0.39 is 5.97 Å². The summed E-state index contributed by atoms with van der Waals surface area (Å²) in [6.45, 7) is 1.36. The van der Waals surface area contributed by atoms with Crippen LogP contribution in [0.15, 0.2) is 27.7 Å². The number of carboxylic acids is 1. The molecule has 4 nitrogen and oxygen atoms in total. The highest BCUT2D eigenvalue weighted by Crippen LogP contribution is 2.22. The van der Waals surface area contributed by atoms with Crippen LogP contribution in [-0.2, 0) is 4.79 Å². The van der Waals surface area contributed by atoms with Gasteiger partial charge in [0.15, 0.2) is 0 Å². The van der Waals surface area contributed by atoms with Crippen LogP contribution in [0.1, 0.15) is 12.5 Å². The molecule has 0 aliphatic rings. The van der Waals surface area contributed by atoms with Gasteiger partial charge in [0.1, 0.15) is 12.3 Å². The first-order valence-electron chi connectivity index (χ1n) is 4.22. The molecule has 1 rings (SSSR count). The maximum Gasteiger partial charge on any atom is 0.325 e. The van der Waals surface area contributed by atoms with Crippen molar-refractivity contribution >= 4 is 27.6 Å². The first-order valence-corrected chi connectivity index (χ1v) is 5.01. The Balaban J connectivity index is 2.99. The highest BCUT2D eigenvalue weighted by molar-refractivity contribution is 9.10. The predicted molar refractivity (Wildman–Crippen MR) is 60.5 cm³/mol. The number of halogens is 1. The molecule has 0 saturated carbocycles. The molecular formula is C10H10BrNO3. The Hall–Kier alpha value is -1.36. The molecule has 0 aliphatic heterocycles. The predicted octanol–water partition coefficient (Wildman–Crippen LogP) is 2.05. The summed E-state index contributed by atoms with van der Waals surface area (Å²) in [5.74, 6) is -0.909. The van der Waals surface area contributed by atoms with Crippen molar-refractivity contribution in [1.29, 1.82) is 0 Å². The van der Waals surface area contributed by atoms with Gasteiger partial charge in [-0.15, -0.1) is 0 Å². The van der Waals surface area contributed by atoms with Gasteiger partial charge in [-0.05, 0) is 25.1 Å². The van der Waals surface area contributed by atoms with Crippen LogP contribution < -0.4 is 0 Å². The van der Waals surface area contributed by atoms with E-state index in [0.29, 0.717) is 11.3 Å². The lowest BCUT2D eigenvalue weighted by Gasteiger charge is -2.04.